The molecule has 0 bridgehead atoms. The molecular weight excluding hydrogens is 513 g/mol. The number of aliphatic hydroxyl groups excluding tert-OH is 1. The Morgan fingerprint density at radius 1 is 0.800 bits per heavy atom. The van der Waals surface area contributed by atoms with E-state index in [0.717, 1.165) is 36.0 Å². The predicted molar refractivity (Wildman–Crippen MR) is 153 cm³/mol. The van der Waals surface area contributed by atoms with Gasteiger partial charge in [-0.25, -0.2) is 8.78 Å². The van der Waals surface area contributed by atoms with Crippen LogP contribution in [0, 0.1) is 17.5 Å². The molecule has 3 nitrogen and oxygen atoms in total. The van der Waals surface area contributed by atoms with E-state index in [-0.39, 0.29) is 23.7 Å². The highest BCUT2D eigenvalue weighted by Gasteiger charge is 2.17. The van der Waals surface area contributed by atoms with Crippen LogP contribution in [0.15, 0.2) is 91.5 Å². The molecule has 0 spiro atoms. The molecule has 40 heavy (non-hydrogen) atoms. The Morgan fingerprint density at radius 3 is 2.15 bits per heavy atom. The molecule has 1 atom stereocenters. The smallest absolute Gasteiger partial charge is 0.201 e. The quantitative estimate of drug-likeness (QED) is 0.134. The van der Waals surface area contributed by atoms with E-state index in [9.17, 15) is 18.3 Å². The molecule has 208 valence electrons. The summed E-state index contributed by atoms with van der Waals surface area (Å²) >= 11 is 0. The number of unbranched alkanes of at least 4 members (excludes halogenated alkanes) is 1. The zero-order valence-electron chi connectivity index (χ0n) is 22.5. The van der Waals surface area contributed by atoms with Gasteiger partial charge in [0.1, 0.15) is 6.61 Å². The van der Waals surface area contributed by atoms with Crippen molar-refractivity contribution in [2.24, 2.45) is 0 Å². The van der Waals surface area contributed by atoms with Gasteiger partial charge in [-0.1, -0.05) is 74.0 Å². The van der Waals surface area contributed by atoms with E-state index in [1.165, 1.54) is 18.2 Å². The molecule has 0 aliphatic rings. The summed E-state index contributed by atoms with van der Waals surface area (Å²) < 4.78 is 55.3. The van der Waals surface area contributed by atoms with Crippen LogP contribution in [0.25, 0.3) is 22.3 Å². The Kier molecular flexibility index (Phi) is 10.0. The minimum atomic E-state index is -1.06. The number of benzene rings is 4. The van der Waals surface area contributed by atoms with Crippen molar-refractivity contribution in [2.75, 3.05) is 6.61 Å². The van der Waals surface area contributed by atoms with Crippen molar-refractivity contribution in [1.82, 2.24) is 0 Å². The van der Waals surface area contributed by atoms with Crippen molar-refractivity contribution >= 4 is 0 Å². The zero-order valence-corrected chi connectivity index (χ0v) is 22.5. The SMILES string of the molecule is C=CCCCOc1ccc(-c2ccc(COc3ccc(-c4ccc(C(O)CCC)cc4)c(F)c3F)cc2)cc1F. The summed E-state index contributed by atoms with van der Waals surface area (Å²) in [7, 11) is 0. The lowest BCUT2D eigenvalue weighted by atomic mass is 9.99. The average molecular weight is 547 g/mol. The molecule has 6 heteroatoms. The minimum Gasteiger partial charge on any atom is -0.491 e. The van der Waals surface area contributed by atoms with Crippen LogP contribution in [0.3, 0.4) is 0 Å². The van der Waals surface area contributed by atoms with Gasteiger partial charge in [0.25, 0.3) is 0 Å². The van der Waals surface area contributed by atoms with Crippen molar-refractivity contribution < 1.29 is 27.8 Å². The Hall–Kier alpha value is -4.03. The third-order valence-corrected chi connectivity index (χ3v) is 6.64. The fourth-order valence-corrected chi connectivity index (χ4v) is 4.35. The van der Waals surface area contributed by atoms with E-state index >= 15 is 0 Å². The van der Waals surface area contributed by atoms with Gasteiger partial charge in [0.2, 0.25) is 5.82 Å². The summed E-state index contributed by atoms with van der Waals surface area (Å²) in [4.78, 5) is 0. The number of halogens is 3. The van der Waals surface area contributed by atoms with Gasteiger partial charge in [0.05, 0.1) is 12.7 Å². The van der Waals surface area contributed by atoms with Crippen LogP contribution in [0.2, 0.25) is 0 Å². The van der Waals surface area contributed by atoms with Gasteiger partial charge >= 0.3 is 0 Å². The second kappa shape index (κ2) is 13.9. The van der Waals surface area contributed by atoms with Gasteiger partial charge < -0.3 is 14.6 Å². The van der Waals surface area contributed by atoms with E-state index in [4.69, 9.17) is 9.47 Å². The lowest BCUT2D eigenvalue weighted by Crippen LogP contribution is -2.01. The Morgan fingerprint density at radius 2 is 1.48 bits per heavy atom. The van der Waals surface area contributed by atoms with E-state index in [1.807, 2.05) is 19.1 Å². The Bertz CT molecular complexity index is 1420. The van der Waals surface area contributed by atoms with Gasteiger partial charge in [-0.3, -0.25) is 0 Å². The largest absolute Gasteiger partial charge is 0.491 e. The van der Waals surface area contributed by atoms with Crippen molar-refractivity contribution in [3.8, 4) is 33.8 Å². The van der Waals surface area contributed by atoms with Crippen LogP contribution in [0.5, 0.6) is 11.5 Å². The van der Waals surface area contributed by atoms with Crippen LogP contribution >= 0.6 is 0 Å². The highest BCUT2D eigenvalue weighted by Crippen LogP contribution is 2.32. The van der Waals surface area contributed by atoms with Crippen LogP contribution in [0.1, 0.15) is 49.8 Å². The number of rotatable bonds is 13. The normalized spacial score (nSPS) is 11.7. The number of hydrogen-bond acceptors (Lipinski definition) is 3. The van der Waals surface area contributed by atoms with Crippen molar-refractivity contribution in [3.05, 3.63) is 120 Å². The molecule has 0 aromatic heterocycles. The topological polar surface area (TPSA) is 38.7 Å². The molecule has 0 saturated carbocycles. The summed E-state index contributed by atoms with van der Waals surface area (Å²) in [6.45, 7) is 6.10. The highest BCUT2D eigenvalue weighted by molar-refractivity contribution is 5.66. The lowest BCUT2D eigenvalue weighted by molar-refractivity contribution is 0.166. The van der Waals surface area contributed by atoms with Gasteiger partial charge in [0.15, 0.2) is 23.1 Å². The summed E-state index contributed by atoms with van der Waals surface area (Å²) in [6.07, 6.45) is 4.27. The first kappa shape index (κ1) is 29.0. The van der Waals surface area contributed by atoms with Gasteiger partial charge in [0, 0.05) is 5.56 Å². The summed E-state index contributed by atoms with van der Waals surface area (Å²) in [5, 5.41) is 10.1. The van der Waals surface area contributed by atoms with Crippen molar-refractivity contribution in [3.63, 3.8) is 0 Å². The second-order valence-corrected chi connectivity index (χ2v) is 9.58. The molecule has 0 amide bonds. The molecule has 0 fully saturated rings. The number of ether oxygens (including phenoxy) is 2. The first-order valence-corrected chi connectivity index (χ1v) is 13.4. The van der Waals surface area contributed by atoms with Gasteiger partial charge in [-0.15, -0.1) is 6.58 Å². The molecule has 4 rings (SSSR count). The molecule has 4 aromatic rings. The molecule has 1 N–H and O–H groups in total. The molecular formula is C34H33F3O3. The summed E-state index contributed by atoms with van der Waals surface area (Å²) in [5.74, 6) is -2.47. The summed E-state index contributed by atoms with van der Waals surface area (Å²) in [6, 6.07) is 21.7. The molecule has 0 radical (unpaired) electrons. The second-order valence-electron chi connectivity index (χ2n) is 9.58. The van der Waals surface area contributed by atoms with Gasteiger partial charge in [-0.2, -0.15) is 4.39 Å². The number of hydrogen-bond donors (Lipinski definition) is 1. The van der Waals surface area contributed by atoms with Crippen LogP contribution in [-0.2, 0) is 6.61 Å². The Balaban J connectivity index is 1.38. The number of allylic oxidation sites excluding steroid dienone is 1. The zero-order chi connectivity index (χ0) is 28.5. The predicted octanol–water partition coefficient (Wildman–Crippen LogP) is 9.20. The minimum absolute atomic E-state index is 0.0336. The maximum Gasteiger partial charge on any atom is 0.201 e. The van der Waals surface area contributed by atoms with Crippen LogP contribution < -0.4 is 9.47 Å². The molecule has 4 aromatic carbocycles. The average Bonchev–Trinajstić information content (AvgIpc) is 2.97. The first-order valence-electron chi connectivity index (χ1n) is 13.4. The maximum absolute atomic E-state index is 14.9. The molecule has 0 aliphatic heterocycles. The lowest BCUT2D eigenvalue weighted by Gasteiger charge is -2.13. The fraction of sp³-hybridized carbons (Fsp3) is 0.235. The van der Waals surface area contributed by atoms with Crippen LogP contribution in [0.4, 0.5) is 13.2 Å². The van der Waals surface area contributed by atoms with E-state index in [0.29, 0.717) is 24.2 Å². The first-order chi connectivity index (χ1) is 19.4. The van der Waals surface area contributed by atoms with Crippen molar-refractivity contribution in [2.45, 2.75) is 45.3 Å². The fourth-order valence-electron chi connectivity index (χ4n) is 4.35. The number of aliphatic hydroxyl groups is 1. The Labute approximate surface area is 233 Å². The third kappa shape index (κ3) is 7.13. The highest BCUT2D eigenvalue weighted by atomic mass is 19.2. The molecule has 1 unspecified atom stereocenters. The monoisotopic (exact) mass is 546 g/mol. The maximum atomic E-state index is 14.9. The van der Waals surface area contributed by atoms with E-state index < -0.39 is 23.6 Å². The molecule has 0 aliphatic carbocycles. The molecule has 0 saturated heterocycles. The van der Waals surface area contributed by atoms with E-state index in [2.05, 4.69) is 6.58 Å². The van der Waals surface area contributed by atoms with Crippen LogP contribution in [-0.4, -0.2) is 11.7 Å². The standard InChI is InChI=1S/C34H33F3O3/c1-3-5-6-20-39-31-18-16-27(21-29(31)35)24-10-8-23(9-11-24)22-40-32-19-17-28(33(36)34(32)37)25-12-14-26(15-13-25)30(38)7-4-2/h3,8-19,21,30,38H,1,4-7,20,22H2,2H3. The van der Waals surface area contributed by atoms with E-state index in [1.54, 1.807) is 54.6 Å². The third-order valence-electron chi connectivity index (χ3n) is 6.64. The summed E-state index contributed by atoms with van der Waals surface area (Å²) in [5.41, 5.74) is 3.61. The molecule has 0 heterocycles. The van der Waals surface area contributed by atoms with Gasteiger partial charge in [-0.05, 0) is 71.3 Å². The van der Waals surface area contributed by atoms with Crippen molar-refractivity contribution in [1.29, 1.82) is 0 Å².